The van der Waals surface area contributed by atoms with Gasteiger partial charge >= 0.3 is 6.15 Å². The summed E-state index contributed by atoms with van der Waals surface area (Å²) in [5, 5.41) is 0. The lowest BCUT2D eigenvalue weighted by atomic mass is 10.00. The predicted octanol–water partition coefficient (Wildman–Crippen LogP) is 9.92. The Morgan fingerprint density at radius 1 is 0.471 bits per heavy atom. The molecule has 15 heteroatoms. The first kappa shape index (κ1) is 45.1. The summed E-state index contributed by atoms with van der Waals surface area (Å²) in [5.41, 5.74) is 40.1. The van der Waals surface area contributed by atoms with Crippen LogP contribution in [0.3, 0.4) is 0 Å². The van der Waals surface area contributed by atoms with E-state index in [2.05, 4.69) is 105 Å². The first-order valence-electron chi connectivity index (χ1n) is 21.9. The van der Waals surface area contributed by atoms with Crippen LogP contribution >= 0.6 is 0 Å². The molecular formula is C55H45N13O2. The van der Waals surface area contributed by atoms with E-state index in [1.807, 2.05) is 86.9 Å². The molecule has 7 aromatic carbocycles. The second-order valence-electron chi connectivity index (χ2n) is 16.0. The Bertz CT molecular complexity index is 3510. The van der Waals surface area contributed by atoms with Crippen LogP contribution in [0.4, 0.5) is 28.4 Å². The van der Waals surface area contributed by atoms with Crippen molar-refractivity contribution in [2.75, 3.05) is 22.9 Å². The molecule has 9 N–H and O–H groups in total. The molecule has 1 aliphatic heterocycles. The van der Waals surface area contributed by atoms with E-state index in [-0.39, 0.29) is 6.15 Å². The number of imidazole rings is 4. The highest BCUT2D eigenvalue weighted by Crippen LogP contribution is 2.35. The van der Waals surface area contributed by atoms with Crippen molar-refractivity contribution in [2.45, 2.75) is 6.42 Å². The Morgan fingerprint density at radius 2 is 0.929 bits per heavy atom. The average molecular weight is 920 g/mol. The average Bonchev–Trinajstić information content (AvgIpc) is 4.27. The zero-order valence-electron chi connectivity index (χ0n) is 37.5. The summed E-state index contributed by atoms with van der Waals surface area (Å²) in [4.78, 5) is 41.8. The summed E-state index contributed by atoms with van der Waals surface area (Å²) in [6.45, 7) is 0. The molecule has 0 bridgehead atoms. The van der Waals surface area contributed by atoms with E-state index in [9.17, 15) is 0 Å². The fourth-order valence-electron chi connectivity index (χ4n) is 7.81. The van der Waals surface area contributed by atoms with Crippen molar-refractivity contribution in [1.82, 2.24) is 38.6 Å². The van der Waals surface area contributed by atoms with Gasteiger partial charge in [0.2, 0.25) is 0 Å². The van der Waals surface area contributed by atoms with Gasteiger partial charge in [0, 0.05) is 66.2 Å². The highest BCUT2D eigenvalue weighted by atomic mass is 16.2. The van der Waals surface area contributed by atoms with Crippen molar-refractivity contribution < 1.29 is 9.59 Å². The Hall–Kier alpha value is -10.1. The number of para-hydroxylation sites is 1. The van der Waals surface area contributed by atoms with Gasteiger partial charge < -0.3 is 41.6 Å². The molecule has 0 saturated heterocycles. The van der Waals surface area contributed by atoms with Crippen LogP contribution in [0.15, 0.2) is 213 Å². The SMILES string of the molecule is Nc1ccc(-c2ccc(N)c(N)c2)cc1N.O=C=O.c1ccc(-n2ccnc2)cc1.c1cn(-c2ccc(C3=Nc4cc(-c5ccc6[nH]c(-c7ccc(-n8ccnc8)cc7)nc6c5)ccc4C3)cc2)cn1. The van der Waals surface area contributed by atoms with Crippen molar-refractivity contribution in [3.63, 3.8) is 0 Å². The molecule has 0 amide bonds. The van der Waals surface area contributed by atoms with Gasteiger partial charge in [0.1, 0.15) is 5.82 Å². The van der Waals surface area contributed by atoms with Crippen LogP contribution < -0.4 is 22.9 Å². The zero-order chi connectivity index (χ0) is 48.4. The molecule has 342 valence electrons. The zero-order valence-corrected chi connectivity index (χ0v) is 37.5. The summed E-state index contributed by atoms with van der Waals surface area (Å²) < 4.78 is 5.95. The Morgan fingerprint density at radius 3 is 1.44 bits per heavy atom. The highest BCUT2D eigenvalue weighted by Gasteiger charge is 2.18. The lowest BCUT2D eigenvalue weighted by Gasteiger charge is -2.07. The molecule has 15 nitrogen and oxygen atoms in total. The summed E-state index contributed by atoms with van der Waals surface area (Å²) in [7, 11) is 0. The maximum absolute atomic E-state index is 8.12. The minimum Gasteiger partial charge on any atom is -0.397 e. The maximum atomic E-state index is 8.12. The van der Waals surface area contributed by atoms with Crippen molar-refractivity contribution >= 4 is 51.3 Å². The molecule has 70 heavy (non-hydrogen) atoms. The molecule has 0 fully saturated rings. The van der Waals surface area contributed by atoms with Crippen molar-refractivity contribution in [3.05, 3.63) is 219 Å². The van der Waals surface area contributed by atoms with E-state index in [1.165, 1.54) is 5.56 Å². The van der Waals surface area contributed by atoms with Crippen molar-refractivity contribution in [1.29, 1.82) is 0 Å². The van der Waals surface area contributed by atoms with Crippen LogP contribution in [-0.4, -0.2) is 50.5 Å². The number of hydrogen-bond acceptors (Lipinski definition) is 11. The number of aromatic amines is 1. The summed E-state index contributed by atoms with van der Waals surface area (Å²) >= 11 is 0. The van der Waals surface area contributed by atoms with Crippen molar-refractivity contribution in [2.24, 2.45) is 4.99 Å². The Balaban J connectivity index is 0.000000165. The summed E-state index contributed by atoms with van der Waals surface area (Å²) in [6.07, 6.45) is 17.6. The number of nitrogens with one attached hydrogen (secondary N) is 1. The molecule has 5 heterocycles. The number of carbonyl (C=O) groups excluding carboxylic acids is 2. The minimum atomic E-state index is 0.250. The van der Waals surface area contributed by atoms with Gasteiger partial charge in [-0.1, -0.05) is 60.7 Å². The van der Waals surface area contributed by atoms with Gasteiger partial charge in [-0.25, -0.2) is 19.9 Å². The van der Waals surface area contributed by atoms with Crippen LogP contribution in [0.25, 0.3) is 61.7 Å². The van der Waals surface area contributed by atoms with E-state index in [0.717, 1.165) is 85.1 Å². The fraction of sp³-hybridized carbons (Fsp3) is 0.0182. The molecular weight excluding hydrogens is 875 g/mol. The first-order chi connectivity index (χ1) is 34.2. The third-order valence-corrected chi connectivity index (χ3v) is 11.5. The van der Waals surface area contributed by atoms with E-state index >= 15 is 0 Å². The molecule has 0 saturated carbocycles. The van der Waals surface area contributed by atoms with Gasteiger partial charge in [-0.15, -0.1) is 0 Å². The number of benzene rings is 7. The normalized spacial score (nSPS) is 11.2. The van der Waals surface area contributed by atoms with Gasteiger partial charge in [0.05, 0.1) is 64.2 Å². The van der Waals surface area contributed by atoms with Crippen molar-refractivity contribution in [3.8, 4) is 50.7 Å². The Kier molecular flexibility index (Phi) is 13.3. The Labute approximate surface area is 402 Å². The standard InChI is InChI=1S/C33H23N7.C12H14N4.C9H8N2.CO2/c1-2-26-19-30(22-3-8-27(9-4-22)39-15-13-34-20-39)36-31(26)17-24(1)25-7-12-29-32(18-25)38-33(37-29)23-5-10-28(11-6-23)40-16-14-35-21-40;13-9-3-1-7(5-11(9)15)8-2-4-10(14)12(16)6-8;1-2-4-9(5-3-1)11-7-6-10-8-11;2-1-3/h1-18,20-21H,19H2,(H,37,38);1-6H,13-16H2;1-8H;. The molecule has 11 aromatic rings. The monoisotopic (exact) mass is 919 g/mol. The third kappa shape index (κ3) is 10.3. The van der Waals surface area contributed by atoms with E-state index in [1.54, 1.807) is 49.7 Å². The summed E-state index contributed by atoms with van der Waals surface area (Å²) in [6, 6.07) is 50.8. The lowest BCUT2D eigenvalue weighted by Crippen LogP contribution is -2.00. The lowest BCUT2D eigenvalue weighted by molar-refractivity contribution is -0.191. The largest absolute Gasteiger partial charge is 0.397 e. The number of nitrogens with zero attached hydrogens (tertiary/aromatic N) is 8. The molecule has 0 radical (unpaired) electrons. The second-order valence-corrected chi connectivity index (χ2v) is 16.0. The van der Waals surface area contributed by atoms with E-state index < -0.39 is 0 Å². The number of nitrogens with two attached hydrogens (primary N) is 4. The highest BCUT2D eigenvalue weighted by molar-refractivity contribution is 6.07. The number of aliphatic imine (C=N–C) groups is 1. The van der Waals surface area contributed by atoms with E-state index in [4.69, 9.17) is 42.5 Å². The van der Waals surface area contributed by atoms with Crippen LogP contribution in [0.2, 0.25) is 0 Å². The quantitative estimate of drug-likeness (QED) is 0.0949. The predicted molar refractivity (Wildman–Crippen MR) is 276 cm³/mol. The number of anilines is 4. The molecule has 1 aliphatic rings. The van der Waals surface area contributed by atoms with Crippen LogP contribution in [0.5, 0.6) is 0 Å². The molecule has 12 rings (SSSR count). The summed E-state index contributed by atoms with van der Waals surface area (Å²) in [5.74, 6) is 0.853. The number of nitrogen functional groups attached to an aromatic ring is 4. The minimum absolute atomic E-state index is 0.250. The number of aromatic nitrogens is 8. The van der Waals surface area contributed by atoms with E-state index in [0.29, 0.717) is 22.7 Å². The fourth-order valence-corrected chi connectivity index (χ4v) is 7.81. The van der Waals surface area contributed by atoms with Gasteiger partial charge in [0.25, 0.3) is 0 Å². The first-order valence-corrected chi connectivity index (χ1v) is 21.9. The maximum Gasteiger partial charge on any atom is 0.373 e. The number of hydrogen-bond donors (Lipinski definition) is 5. The van der Waals surface area contributed by atoms with Gasteiger partial charge in [-0.3, -0.25) is 4.99 Å². The number of fused-ring (bicyclic) bond motifs is 2. The smallest absolute Gasteiger partial charge is 0.373 e. The van der Waals surface area contributed by atoms with Crippen LogP contribution in [0, 0.1) is 0 Å². The van der Waals surface area contributed by atoms with Gasteiger partial charge in [-0.05, 0) is 124 Å². The van der Waals surface area contributed by atoms with Crippen LogP contribution in [0.1, 0.15) is 11.1 Å². The van der Waals surface area contributed by atoms with Gasteiger partial charge in [0.15, 0.2) is 0 Å². The third-order valence-electron chi connectivity index (χ3n) is 11.5. The number of rotatable bonds is 7. The second kappa shape index (κ2) is 20.6. The molecule has 0 aliphatic carbocycles. The van der Waals surface area contributed by atoms with Crippen LogP contribution in [-0.2, 0) is 16.0 Å². The topological polar surface area (TPSA) is 233 Å². The molecule has 0 spiro atoms. The molecule has 4 aromatic heterocycles. The molecule has 0 atom stereocenters. The molecule has 0 unspecified atom stereocenters. The number of H-pyrrole nitrogens is 1. The van der Waals surface area contributed by atoms with Gasteiger partial charge in [-0.2, -0.15) is 9.59 Å².